The summed E-state index contributed by atoms with van der Waals surface area (Å²) in [6.07, 6.45) is -0.275. The van der Waals surface area contributed by atoms with Gasteiger partial charge in [0.15, 0.2) is 0 Å². The SMILES string of the molecule is CO[C@@H]1c2cc(O)ccc2N(C)C2OC(C)(C)[C@@H](O)C[C@@H]21. The molecule has 0 aromatic heterocycles. The molecule has 0 saturated carbocycles. The third kappa shape index (κ3) is 2.20. The molecule has 0 amide bonds. The van der Waals surface area contributed by atoms with Gasteiger partial charge in [-0.3, -0.25) is 0 Å². The lowest BCUT2D eigenvalue weighted by Crippen LogP contribution is -2.59. The fraction of sp³-hybridized carbons (Fsp3) is 0.625. The highest BCUT2D eigenvalue weighted by Crippen LogP contribution is 2.49. The van der Waals surface area contributed by atoms with Crippen LogP contribution in [0.1, 0.15) is 31.9 Å². The smallest absolute Gasteiger partial charge is 0.136 e. The maximum absolute atomic E-state index is 10.3. The van der Waals surface area contributed by atoms with E-state index in [1.807, 2.05) is 27.0 Å². The van der Waals surface area contributed by atoms with Crippen LogP contribution in [0.4, 0.5) is 5.69 Å². The van der Waals surface area contributed by atoms with Crippen LogP contribution >= 0.6 is 0 Å². The predicted molar refractivity (Wildman–Crippen MR) is 79.3 cm³/mol. The second-order valence-corrected chi connectivity index (χ2v) is 6.54. The summed E-state index contributed by atoms with van der Waals surface area (Å²) in [5.41, 5.74) is 1.35. The molecule has 2 aliphatic rings. The molecular weight excluding hydrogens is 270 g/mol. The molecule has 1 saturated heterocycles. The fourth-order valence-corrected chi connectivity index (χ4v) is 3.54. The standard InChI is InChI=1S/C16H23NO4/c1-16(2)13(19)8-11-14(20-4)10-7-9(18)5-6-12(10)17(3)15(11)21-16/h5-7,11,13-15,18-19H,8H2,1-4H3/t11-,13+,14-,15?/m1/s1. The molecule has 0 spiro atoms. The lowest BCUT2D eigenvalue weighted by Gasteiger charge is -2.53. The topological polar surface area (TPSA) is 62.2 Å². The van der Waals surface area contributed by atoms with Crippen LogP contribution in [0.5, 0.6) is 5.75 Å². The number of fused-ring (bicyclic) bond motifs is 2. The average molecular weight is 293 g/mol. The predicted octanol–water partition coefficient (Wildman–Crippen LogP) is 2.03. The van der Waals surface area contributed by atoms with Gasteiger partial charge in [0.25, 0.3) is 0 Å². The van der Waals surface area contributed by atoms with Gasteiger partial charge in [-0.1, -0.05) is 0 Å². The molecule has 1 aromatic carbocycles. The number of rotatable bonds is 1. The minimum absolute atomic E-state index is 0.0253. The third-order valence-corrected chi connectivity index (χ3v) is 4.81. The lowest BCUT2D eigenvalue weighted by atomic mass is 9.78. The van der Waals surface area contributed by atoms with Crippen LogP contribution < -0.4 is 4.90 Å². The molecule has 5 nitrogen and oxygen atoms in total. The Labute approximate surface area is 125 Å². The summed E-state index contributed by atoms with van der Waals surface area (Å²) in [6.45, 7) is 3.83. The van der Waals surface area contributed by atoms with E-state index in [0.29, 0.717) is 6.42 Å². The van der Waals surface area contributed by atoms with Crippen molar-refractivity contribution >= 4 is 5.69 Å². The Balaban J connectivity index is 2.06. The van der Waals surface area contributed by atoms with E-state index in [9.17, 15) is 10.2 Å². The largest absolute Gasteiger partial charge is 0.508 e. The van der Waals surface area contributed by atoms with Gasteiger partial charge >= 0.3 is 0 Å². The summed E-state index contributed by atoms with van der Waals surface area (Å²) in [7, 11) is 3.64. The van der Waals surface area contributed by atoms with Crippen LogP contribution in [0.15, 0.2) is 18.2 Å². The highest BCUT2D eigenvalue weighted by atomic mass is 16.5. The van der Waals surface area contributed by atoms with Crippen molar-refractivity contribution in [3.8, 4) is 5.75 Å². The molecule has 2 aliphatic heterocycles. The van der Waals surface area contributed by atoms with Crippen molar-refractivity contribution in [3.05, 3.63) is 23.8 Å². The number of anilines is 1. The number of phenolic OH excluding ortho intramolecular Hbond substituents is 1. The normalized spacial score (nSPS) is 34.2. The Bertz CT molecular complexity index is 545. The zero-order valence-electron chi connectivity index (χ0n) is 12.9. The molecule has 21 heavy (non-hydrogen) atoms. The summed E-state index contributed by atoms with van der Waals surface area (Å²) >= 11 is 0. The van der Waals surface area contributed by atoms with Crippen LogP contribution in [0.25, 0.3) is 0 Å². The van der Waals surface area contributed by atoms with E-state index in [0.717, 1.165) is 11.3 Å². The number of hydrogen-bond acceptors (Lipinski definition) is 5. The summed E-state index contributed by atoms with van der Waals surface area (Å²) in [6, 6.07) is 5.29. The van der Waals surface area contributed by atoms with E-state index in [1.54, 1.807) is 19.2 Å². The Kier molecular flexibility index (Phi) is 3.39. The fourth-order valence-electron chi connectivity index (χ4n) is 3.54. The number of benzene rings is 1. The van der Waals surface area contributed by atoms with Gasteiger partial charge in [0, 0.05) is 31.3 Å². The zero-order valence-corrected chi connectivity index (χ0v) is 12.9. The number of ether oxygens (including phenoxy) is 2. The minimum atomic E-state index is -0.581. The molecule has 0 bridgehead atoms. The van der Waals surface area contributed by atoms with Crippen molar-refractivity contribution in [2.24, 2.45) is 5.92 Å². The maximum atomic E-state index is 10.3. The number of methoxy groups -OCH3 is 1. The molecule has 1 unspecified atom stereocenters. The number of hydrogen-bond donors (Lipinski definition) is 2. The zero-order chi connectivity index (χ0) is 15.4. The van der Waals surface area contributed by atoms with Crippen LogP contribution in [0, 0.1) is 5.92 Å². The van der Waals surface area contributed by atoms with Crippen LogP contribution in [0.3, 0.4) is 0 Å². The van der Waals surface area contributed by atoms with E-state index < -0.39 is 11.7 Å². The Morgan fingerprint density at radius 3 is 2.76 bits per heavy atom. The first-order chi connectivity index (χ1) is 9.85. The van der Waals surface area contributed by atoms with Crippen molar-refractivity contribution in [3.63, 3.8) is 0 Å². The summed E-state index contributed by atoms with van der Waals surface area (Å²) in [5, 5.41) is 20.1. The Morgan fingerprint density at radius 2 is 2.10 bits per heavy atom. The first-order valence-corrected chi connectivity index (χ1v) is 7.29. The van der Waals surface area contributed by atoms with Gasteiger partial charge < -0.3 is 24.6 Å². The molecule has 0 radical (unpaired) electrons. The van der Waals surface area contributed by atoms with Gasteiger partial charge in [0.05, 0.1) is 17.8 Å². The minimum Gasteiger partial charge on any atom is -0.508 e. The molecule has 1 fully saturated rings. The molecule has 5 heteroatoms. The Morgan fingerprint density at radius 1 is 1.38 bits per heavy atom. The van der Waals surface area contributed by atoms with Gasteiger partial charge in [0.2, 0.25) is 0 Å². The first kappa shape index (κ1) is 14.6. The Hall–Kier alpha value is -1.30. The second-order valence-electron chi connectivity index (χ2n) is 6.54. The van der Waals surface area contributed by atoms with Crippen molar-refractivity contribution in [2.75, 3.05) is 19.1 Å². The maximum Gasteiger partial charge on any atom is 0.136 e. The van der Waals surface area contributed by atoms with Crippen molar-refractivity contribution in [1.82, 2.24) is 0 Å². The van der Waals surface area contributed by atoms with E-state index >= 15 is 0 Å². The summed E-state index contributed by atoms with van der Waals surface area (Å²) in [5.74, 6) is 0.248. The highest BCUT2D eigenvalue weighted by molar-refractivity contribution is 5.59. The number of nitrogens with zero attached hydrogens (tertiary/aromatic N) is 1. The molecule has 2 N–H and O–H groups in total. The highest BCUT2D eigenvalue weighted by Gasteiger charge is 2.50. The number of aromatic hydroxyl groups is 1. The average Bonchev–Trinajstić information content (AvgIpc) is 2.42. The quantitative estimate of drug-likeness (QED) is 0.829. The second kappa shape index (κ2) is 4.87. The number of phenols is 1. The molecule has 3 rings (SSSR count). The van der Waals surface area contributed by atoms with E-state index in [4.69, 9.17) is 9.47 Å². The molecule has 116 valence electrons. The molecule has 1 aromatic rings. The van der Waals surface area contributed by atoms with E-state index in [-0.39, 0.29) is 24.0 Å². The van der Waals surface area contributed by atoms with Gasteiger partial charge in [-0.05, 0) is 38.5 Å². The monoisotopic (exact) mass is 293 g/mol. The van der Waals surface area contributed by atoms with Crippen molar-refractivity contribution in [1.29, 1.82) is 0 Å². The van der Waals surface area contributed by atoms with Gasteiger partial charge in [-0.2, -0.15) is 0 Å². The summed E-state index contributed by atoms with van der Waals surface area (Å²) < 4.78 is 11.8. The van der Waals surface area contributed by atoms with Crippen LogP contribution in [-0.2, 0) is 9.47 Å². The number of aliphatic hydroxyl groups is 1. The molecule has 0 aliphatic carbocycles. The summed E-state index contributed by atoms with van der Waals surface area (Å²) in [4.78, 5) is 2.07. The van der Waals surface area contributed by atoms with E-state index in [2.05, 4.69) is 4.90 Å². The van der Waals surface area contributed by atoms with Gasteiger partial charge in [0.1, 0.15) is 12.0 Å². The molecule has 4 atom stereocenters. The lowest BCUT2D eigenvalue weighted by molar-refractivity contribution is -0.214. The molecular formula is C16H23NO4. The first-order valence-electron chi connectivity index (χ1n) is 7.29. The van der Waals surface area contributed by atoms with E-state index in [1.165, 1.54) is 0 Å². The van der Waals surface area contributed by atoms with Gasteiger partial charge in [-0.25, -0.2) is 0 Å². The number of aliphatic hydroxyl groups excluding tert-OH is 1. The van der Waals surface area contributed by atoms with Gasteiger partial charge in [-0.15, -0.1) is 0 Å². The third-order valence-electron chi connectivity index (χ3n) is 4.81. The van der Waals surface area contributed by atoms with Crippen molar-refractivity contribution in [2.45, 2.75) is 44.3 Å². The van der Waals surface area contributed by atoms with Crippen LogP contribution in [-0.4, -0.2) is 42.3 Å². The molecule has 2 heterocycles. The van der Waals surface area contributed by atoms with Crippen molar-refractivity contribution < 1.29 is 19.7 Å². The van der Waals surface area contributed by atoms with Crippen LogP contribution in [0.2, 0.25) is 0 Å².